The van der Waals surface area contributed by atoms with Crippen LogP contribution in [0.1, 0.15) is 16.7 Å². The summed E-state index contributed by atoms with van der Waals surface area (Å²) in [5.74, 6) is -0.283. The lowest BCUT2D eigenvalue weighted by molar-refractivity contribution is -0.385. The van der Waals surface area contributed by atoms with Gasteiger partial charge in [-0.1, -0.05) is 30.3 Å². The van der Waals surface area contributed by atoms with Gasteiger partial charge in [-0.2, -0.15) is 0 Å². The number of nitrogens with zero attached hydrogens (tertiary/aromatic N) is 2. The summed E-state index contributed by atoms with van der Waals surface area (Å²) in [7, 11) is 2.91. The normalized spacial score (nSPS) is 10.7. The van der Waals surface area contributed by atoms with E-state index in [1.807, 2.05) is 30.3 Å². The van der Waals surface area contributed by atoms with Crippen molar-refractivity contribution in [1.82, 2.24) is 4.90 Å². The minimum atomic E-state index is -0.776. The van der Waals surface area contributed by atoms with Crippen LogP contribution in [-0.2, 0) is 6.42 Å². The first kappa shape index (κ1) is 19.1. The van der Waals surface area contributed by atoms with Crippen molar-refractivity contribution in [3.8, 4) is 5.75 Å². The Labute approximate surface area is 160 Å². The van der Waals surface area contributed by atoms with Gasteiger partial charge in [0.05, 0.1) is 4.92 Å². The number of nitro benzene ring substituents is 1. The van der Waals surface area contributed by atoms with Crippen molar-refractivity contribution in [3.63, 3.8) is 0 Å². The molecule has 1 amide bonds. The summed E-state index contributed by atoms with van der Waals surface area (Å²) >= 11 is 0. The summed E-state index contributed by atoms with van der Waals surface area (Å²) in [5.41, 5.74) is 1.13. The molecule has 0 saturated carbocycles. The number of ether oxygens (including phenoxy) is 1. The van der Waals surface area contributed by atoms with Gasteiger partial charge in [-0.15, -0.1) is 0 Å². The highest BCUT2D eigenvalue weighted by molar-refractivity contribution is 5.87. The molecule has 3 aromatic rings. The Balaban J connectivity index is 2.16. The Bertz CT molecular complexity index is 1120. The number of nitro groups is 1. The molecule has 1 aromatic heterocycles. The number of aryl methyl sites for hydroxylation is 1. The molecule has 28 heavy (non-hydrogen) atoms. The van der Waals surface area contributed by atoms with Gasteiger partial charge in [-0.3, -0.25) is 10.1 Å². The SMILES string of the molecule is Cc1c(Cc2ccccc2)c(=O)oc2cc(OC(=O)N(C)C)c([N+](=O)[O-])cc12. The van der Waals surface area contributed by atoms with Gasteiger partial charge in [0.25, 0.3) is 0 Å². The molecule has 0 saturated heterocycles. The van der Waals surface area contributed by atoms with Crippen LogP contribution in [-0.4, -0.2) is 30.0 Å². The molecule has 2 aromatic carbocycles. The average molecular weight is 382 g/mol. The predicted octanol–water partition coefficient (Wildman–Crippen LogP) is 3.66. The van der Waals surface area contributed by atoms with Crippen LogP contribution in [0.3, 0.4) is 0 Å². The fourth-order valence-corrected chi connectivity index (χ4v) is 2.82. The molecule has 144 valence electrons. The second-order valence-corrected chi connectivity index (χ2v) is 6.49. The van der Waals surface area contributed by atoms with Crippen LogP contribution in [0.4, 0.5) is 10.5 Å². The van der Waals surface area contributed by atoms with Crippen molar-refractivity contribution < 1.29 is 18.9 Å². The number of carbonyl (C=O) groups is 1. The maximum Gasteiger partial charge on any atom is 0.414 e. The van der Waals surface area contributed by atoms with Crippen LogP contribution in [0.2, 0.25) is 0 Å². The average Bonchev–Trinajstić information content (AvgIpc) is 2.65. The number of amides is 1. The lowest BCUT2D eigenvalue weighted by atomic mass is 9.99. The second-order valence-electron chi connectivity index (χ2n) is 6.49. The maximum absolute atomic E-state index is 12.5. The summed E-state index contributed by atoms with van der Waals surface area (Å²) in [5, 5.41) is 11.9. The van der Waals surface area contributed by atoms with Crippen LogP contribution in [0, 0.1) is 17.0 Å². The van der Waals surface area contributed by atoms with Gasteiger partial charge in [-0.05, 0) is 18.1 Å². The van der Waals surface area contributed by atoms with E-state index in [2.05, 4.69) is 0 Å². The summed E-state index contributed by atoms with van der Waals surface area (Å²) in [4.78, 5) is 36.3. The zero-order chi connectivity index (χ0) is 20.4. The third-order valence-corrected chi connectivity index (χ3v) is 4.35. The number of fused-ring (bicyclic) bond motifs is 1. The molecule has 0 unspecified atom stereocenters. The number of benzene rings is 2. The number of hydrogen-bond acceptors (Lipinski definition) is 6. The molecule has 0 aliphatic carbocycles. The minimum absolute atomic E-state index is 0.117. The first-order valence-electron chi connectivity index (χ1n) is 8.45. The Morgan fingerprint density at radius 3 is 2.50 bits per heavy atom. The number of hydrogen-bond donors (Lipinski definition) is 0. The molecule has 0 spiro atoms. The molecule has 0 bridgehead atoms. The van der Waals surface area contributed by atoms with Gasteiger partial charge in [0.2, 0.25) is 5.75 Å². The standard InChI is InChI=1S/C20H18N2O6/c1-12-14-10-16(22(25)26)18(28-20(24)21(2)3)11-17(14)27-19(23)15(12)9-13-7-5-4-6-8-13/h4-8,10-11H,9H2,1-3H3. The molecule has 8 nitrogen and oxygen atoms in total. The van der Waals surface area contributed by atoms with Crippen LogP contribution in [0.5, 0.6) is 5.75 Å². The highest BCUT2D eigenvalue weighted by atomic mass is 16.6. The smallest absolute Gasteiger partial charge is 0.414 e. The molecule has 1 heterocycles. The van der Waals surface area contributed by atoms with Gasteiger partial charge in [0.1, 0.15) is 5.58 Å². The molecular weight excluding hydrogens is 364 g/mol. The van der Waals surface area contributed by atoms with Crippen LogP contribution in [0.15, 0.2) is 51.7 Å². The van der Waals surface area contributed by atoms with Gasteiger partial charge >= 0.3 is 17.4 Å². The van der Waals surface area contributed by atoms with E-state index in [0.717, 1.165) is 10.5 Å². The van der Waals surface area contributed by atoms with E-state index in [1.54, 1.807) is 6.92 Å². The summed E-state index contributed by atoms with van der Waals surface area (Å²) < 4.78 is 10.4. The molecule has 3 rings (SSSR count). The van der Waals surface area contributed by atoms with Gasteiger partial charge < -0.3 is 14.1 Å². The maximum atomic E-state index is 12.5. The first-order chi connectivity index (χ1) is 13.3. The third kappa shape index (κ3) is 3.71. The quantitative estimate of drug-likeness (QED) is 0.388. The van der Waals surface area contributed by atoms with E-state index in [1.165, 1.54) is 26.2 Å². The van der Waals surface area contributed by atoms with Crippen LogP contribution >= 0.6 is 0 Å². The van der Waals surface area contributed by atoms with Crippen molar-refractivity contribution in [2.24, 2.45) is 0 Å². The van der Waals surface area contributed by atoms with Crippen molar-refractivity contribution in [2.45, 2.75) is 13.3 Å². The highest BCUT2D eigenvalue weighted by Crippen LogP contribution is 2.34. The van der Waals surface area contributed by atoms with Crippen molar-refractivity contribution in [2.75, 3.05) is 14.1 Å². The lowest BCUT2D eigenvalue weighted by Crippen LogP contribution is -2.25. The topological polar surface area (TPSA) is 103 Å². The molecule has 0 N–H and O–H groups in total. The van der Waals surface area contributed by atoms with Crippen LogP contribution < -0.4 is 10.4 Å². The van der Waals surface area contributed by atoms with Crippen molar-refractivity contribution in [3.05, 3.63) is 79.7 Å². The van der Waals surface area contributed by atoms with E-state index in [4.69, 9.17) is 9.15 Å². The van der Waals surface area contributed by atoms with Crippen molar-refractivity contribution >= 4 is 22.7 Å². The van der Waals surface area contributed by atoms with E-state index in [0.29, 0.717) is 22.9 Å². The summed E-state index contributed by atoms with van der Waals surface area (Å²) in [6.45, 7) is 1.72. The molecule has 8 heteroatoms. The monoisotopic (exact) mass is 382 g/mol. The summed E-state index contributed by atoms with van der Waals surface area (Å²) in [6.07, 6.45) is -0.432. The van der Waals surface area contributed by atoms with E-state index < -0.39 is 16.6 Å². The minimum Gasteiger partial charge on any atom is -0.422 e. The number of rotatable bonds is 4. The van der Waals surface area contributed by atoms with E-state index in [-0.39, 0.29) is 17.0 Å². The molecule has 0 aliphatic rings. The second kappa shape index (κ2) is 7.51. The first-order valence-corrected chi connectivity index (χ1v) is 8.45. The molecule has 0 atom stereocenters. The molecular formula is C20H18N2O6. The fraction of sp³-hybridized carbons (Fsp3) is 0.200. The fourth-order valence-electron chi connectivity index (χ4n) is 2.82. The Kier molecular flexibility index (Phi) is 5.12. The Hall–Kier alpha value is -3.68. The van der Waals surface area contributed by atoms with Crippen LogP contribution in [0.25, 0.3) is 11.0 Å². The van der Waals surface area contributed by atoms with Gasteiger partial charge in [0, 0.05) is 43.6 Å². The Morgan fingerprint density at radius 1 is 1.21 bits per heavy atom. The Morgan fingerprint density at radius 2 is 1.89 bits per heavy atom. The highest BCUT2D eigenvalue weighted by Gasteiger charge is 2.23. The predicted molar refractivity (Wildman–Crippen MR) is 103 cm³/mol. The molecule has 0 aliphatic heterocycles. The largest absolute Gasteiger partial charge is 0.422 e. The zero-order valence-corrected chi connectivity index (χ0v) is 15.6. The third-order valence-electron chi connectivity index (χ3n) is 4.35. The van der Waals surface area contributed by atoms with Gasteiger partial charge in [0.15, 0.2) is 0 Å². The van der Waals surface area contributed by atoms with E-state index >= 15 is 0 Å². The zero-order valence-electron chi connectivity index (χ0n) is 15.6. The molecule has 0 radical (unpaired) electrons. The number of carbonyl (C=O) groups excluding carboxylic acids is 1. The lowest BCUT2D eigenvalue weighted by Gasteiger charge is -2.12. The van der Waals surface area contributed by atoms with Crippen molar-refractivity contribution in [1.29, 1.82) is 0 Å². The summed E-state index contributed by atoms with van der Waals surface area (Å²) in [6, 6.07) is 11.8. The van der Waals surface area contributed by atoms with Gasteiger partial charge in [-0.25, -0.2) is 9.59 Å². The van der Waals surface area contributed by atoms with E-state index in [9.17, 15) is 19.7 Å². The molecule has 0 fully saturated rings.